The first-order chi connectivity index (χ1) is 21.4. The Balaban J connectivity index is 1.33. The topological polar surface area (TPSA) is 111 Å². The number of nitrogens with one attached hydrogen (secondary N) is 1. The Morgan fingerprint density at radius 3 is 2.66 bits per heavy atom. The second-order valence-corrected chi connectivity index (χ2v) is 11.3. The van der Waals surface area contributed by atoms with Gasteiger partial charge in [0, 0.05) is 59.5 Å². The van der Waals surface area contributed by atoms with Gasteiger partial charge in [-0.15, -0.1) is 0 Å². The van der Waals surface area contributed by atoms with Crippen LogP contribution in [0, 0.1) is 17.8 Å². The molecule has 0 saturated carbocycles. The zero-order valence-corrected chi connectivity index (χ0v) is 25.1. The molecule has 1 atom stereocenters. The number of nitrogens with zero attached hydrogens (tertiary/aromatic N) is 7. The van der Waals surface area contributed by atoms with Gasteiger partial charge in [0.05, 0.1) is 17.8 Å². The average molecular weight is 587 g/mol. The lowest BCUT2D eigenvalue weighted by Gasteiger charge is -2.30. The fourth-order valence-corrected chi connectivity index (χ4v) is 5.25. The summed E-state index contributed by atoms with van der Waals surface area (Å²) in [5, 5.41) is 3.98. The second kappa shape index (κ2) is 13.0. The van der Waals surface area contributed by atoms with Crippen LogP contribution in [-0.2, 0) is 6.54 Å². The van der Waals surface area contributed by atoms with Gasteiger partial charge in [-0.2, -0.15) is 4.98 Å². The van der Waals surface area contributed by atoms with Gasteiger partial charge in [0.2, 0.25) is 5.95 Å². The lowest BCUT2D eigenvalue weighted by atomic mass is 10.1. The third kappa shape index (κ3) is 6.74. The Morgan fingerprint density at radius 1 is 1.07 bits per heavy atom. The Kier molecular flexibility index (Phi) is 8.57. The molecule has 1 aliphatic rings. The maximum Gasteiger partial charge on any atom is 0.268 e. The van der Waals surface area contributed by atoms with E-state index in [1.807, 2.05) is 50.2 Å². The minimum atomic E-state index is -0.241. The van der Waals surface area contributed by atoms with Gasteiger partial charge in [0.15, 0.2) is 0 Å². The Labute approximate surface area is 256 Å². The molecule has 222 valence electrons. The van der Waals surface area contributed by atoms with E-state index in [9.17, 15) is 4.79 Å². The lowest BCUT2D eigenvalue weighted by Crippen LogP contribution is -2.38. The van der Waals surface area contributed by atoms with Crippen molar-refractivity contribution in [3.63, 3.8) is 0 Å². The number of benzene rings is 1. The summed E-state index contributed by atoms with van der Waals surface area (Å²) >= 11 is 0. The number of likely N-dealkylation sites (tertiary alicyclic amines) is 1. The van der Waals surface area contributed by atoms with Crippen molar-refractivity contribution in [2.24, 2.45) is 5.92 Å². The van der Waals surface area contributed by atoms with Crippen LogP contribution in [0.2, 0.25) is 0 Å². The fourth-order valence-electron chi connectivity index (χ4n) is 5.25. The molecule has 5 heterocycles. The van der Waals surface area contributed by atoms with Crippen molar-refractivity contribution in [2.75, 3.05) is 25.5 Å². The highest BCUT2D eigenvalue weighted by molar-refractivity contribution is 5.78. The molecule has 1 unspecified atom stereocenters. The summed E-state index contributed by atoms with van der Waals surface area (Å²) in [4.78, 5) is 38.4. The number of hydrogen-bond donors (Lipinski definition) is 1. The van der Waals surface area contributed by atoms with Gasteiger partial charge in [-0.1, -0.05) is 25.7 Å². The minimum Gasteiger partial charge on any atom is -0.489 e. The standard InChI is InChI=1S/C34H34N8O2/c1-23(2)6-7-25-17-26-19-37-34(39-28-8-10-29(11-9-28)44-30-5-4-16-41(3)21-30)40-32(26)42(33(25)43)20-27-18-36-22-38-31(27)24-12-14-35-15-13-24/h8-15,17-19,22-23,30H,4-5,16,20-21H2,1-3H3,(H,37,39,40). The number of aromatic nitrogens is 6. The van der Waals surface area contributed by atoms with Crippen LogP contribution in [-0.4, -0.2) is 60.6 Å². The minimum absolute atomic E-state index is 0.114. The van der Waals surface area contributed by atoms with Crippen molar-refractivity contribution in [2.45, 2.75) is 39.3 Å². The van der Waals surface area contributed by atoms with Crippen LogP contribution in [0.4, 0.5) is 11.6 Å². The maximum absolute atomic E-state index is 13.9. The largest absolute Gasteiger partial charge is 0.489 e. The van der Waals surface area contributed by atoms with Crippen molar-refractivity contribution >= 4 is 22.7 Å². The molecule has 0 amide bonds. The number of pyridine rings is 2. The predicted octanol–water partition coefficient (Wildman–Crippen LogP) is 4.92. The second-order valence-electron chi connectivity index (χ2n) is 11.3. The number of anilines is 2. The highest BCUT2D eigenvalue weighted by atomic mass is 16.5. The quantitative estimate of drug-likeness (QED) is 0.266. The molecule has 10 nitrogen and oxygen atoms in total. The molecule has 10 heteroatoms. The number of hydrogen-bond acceptors (Lipinski definition) is 9. The third-order valence-corrected chi connectivity index (χ3v) is 7.39. The van der Waals surface area contributed by atoms with Crippen molar-refractivity contribution in [3.8, 4) is 28.8 Å². The smallest absolute Gasteiger partial charge is 0.268 e. The van der Waals surface area contributed by atoms with Crippen LogP contribution in [0.5, 0.6) is 5.75 Å². The van der Waals surface area contributed by atoms with Crippen LogP contribution in [0.1, 0.15) is 37.8 Å². The molecule has 0 bridgehead atoms. The molecular weight excluding hydrogens is 552 g/mol. The van der Waals surface area contributed by atoms with E-state index in [2.05, 4.69) is 49.0 Å². The maximum atomic E-state index is 13.9. The predicted molar refractivity (Wildman–Crippen MR) is 171 cm³/mol. The molecule has 4 aromatic heterocycles. The van der Waals surface area contributed by atoms with Crippen LogP contribution < -0.4 is 15.6 Å². The molecule has 44 heavy (non-hydrogen) atoms. The van der Waals surface area contributed by atoms with E-state index in [0.29, 0.717) is 22.5 Å². The normalized spacial score (nSPS) is 15.1. The van der Waals surface area contributed by atoms with Crippen molar-refractivity contribution in [1.29, 1.82) is 0 Å². The molecule has 1 N–H and O–H groups in total. The van der Waals surface area contributed by atoms with Gasteiger partial charge in [0.1, 0.15) is 23.8 Å². The monoisotopic (exact) mass is 586 g/mol. The van der Waals surface area contributed by atoms with Crippen LogP contribution >= 0.6 is 0 Å². The third-order valence-electron chi connectivity index (χ3n) is 7.39. The van der Waals surface area contributed by atoms with E-state index in [0.717, 1.165) is 54.2 Å². The summed E-state index contributed by atoms with van der Waals surface area (Å²) in [6, 6.07) is 13.3. The van der Waals surface area contributed by atoms with Gasteiger partial charge in [0.25, 0.3) is 5.56 Å². The number of fused-ring (bicyclic) bond motifs is 1. The molecule has 5 aromatic rings. The van der Waals surface area contributed by atoms with Gasteiger partial charge >= 0.3 is 0 Å². The first-order valence-corrected chi connectivity index (χ1v) is 14.8. The molecular formula is C34H34N8O2. The van der Waals surface area contributed by atoms with E-state index in [4.69, 9.17) is 9.72 Å². The number of ether oxygens (including phenoxy) is 1. The molecule has 6 rings (SSSR count). The van der Waals surface area contributed by atoms with E-state index in [1.165, 1.54) is 6.33 Å². The van der Waals surface area contributed by atoms with E-state index in [1.54, 1.807) is 35.4 Å². The molecule has 0 aliphatic carbocycles. The highest BCUT2D eigenvalue weighted by Crippen LogP contribution is 2.24. The number of rotatable bonds is 7. The van der Waals surface area contributed by atoms with Crippen molar-refractivity contribution in [1.82, 2.24) is 34.4 Å². The summed E-state index contributed by atoms with van der Waals surface area (Å²) in [5.74, 6) is 7.48. The first kappa shape index (κ1) is 29.0. The summed E-state index contributed by atoms with van der Waals surface area (Å²) < 4.78 is 7.82. The Bertz CT molecular complexity index is 1880. The van der Waals surface area contributed by atoms with Gasteiger partial charge in [-0.3, -0.25) is 14.3 Å². The average Bonchev–Trinajstić information content (AvgIpc) is 3.03. The van der Waals surface area contributed by atoms with Gasteiger partial charge in [-0.05, 0) is 68.9 Å². The number of piperidine rings is 1. The Morgan fingerprint density at radius 2 is 1.89 bits per heavy atom. The summed E-state index contributed by atoms with van der Waals surface area (Å²) in [5.41, 5.74) is 3.80. The molecule has 0 spiro atoms. The molecule has 1 aliphatic heterocycles. The zero-order valence-electron chi connectivity index (χ0n) is 25.1. The molecule has 1 aromatic carbocycles. The first-order valence-electron chi connectivity index (χ1n) is 14.8. The van der Waals surface area contributed by atoms with E-state index in [-0.39, 0.29) is 24.1 Å². The summed E-state index contributed by atoms with van der Waals surface area (Å²) in [6.45, 7) is 6.22. The summed E-state index contributed by atoms with van der Waals surface area (Å²) in [7, 11) is 2.12. The molecule has 1 saturated heterocycles. The lowest BCUT2D eigenvalue weighted by molar-refractivity contribution is 0.104. The zero-order chi connectivity index (χ0) is 30.5. The summed E-state index contributed by atoms with van der Waals surface area (Å²) in [6.07, 6.45) is 10.7. The van der Waals surface area contributed by atoms with Gasteiger partial charge in [-0.25, -0.2) is 15.0 Å². The number of likely N-dealkylation sites (N-methyl/N-ethyl adjacent to an activating group) is 1. The highest BCUT2D eigenvalue weighted by Gasteiger charge is 2.19. The fraction of sp³-hybridized carbons (Fsp3) is 0.294. The SMILES string of the molecule is CC(C)C#Cc1cc2cnc(Nc3ccc(OC4CCCN(C)C4)cc3)nc2n(Cc2cncnc2-c2ccncc2)c1=O. The molecule has 1 fully saturated rings. The van der Waals surface area contributed by atoms with Crippen LogP contribution in [0.15, 0.2) is 78.4 Å². The van der Waals surface area contributed by atoms with Crippen LogP contribution in [0.3, 0.4) is 0 Å². The van der Waals surface area contributed by atoms with E-state index >= 15 is 0 Å². The molecule has 0 radical (unpaired) electrons. The Hall–Kier alpha value is -5.14. The van der Waals surface area contributed by atoms with Crippen molar-refractivity contribution < 1.29 is 4.74 Å². The van der Waals surface area contributed by atoms with Gasteiger partial charge < -0.3 is 15.0 Å². The van der Waals surface area contributed by atoms with Crippen molar-refractivity contribution in [3.05, 3.63) is 95.1 Å². The van der Waals surface area contributed by atoms with E-state index < -0.39 is 0 Å². The van der Waals surface area contributed by atoms with Crippen LogP contribution in [0.25, 0.3) is 22.3 Å².